The Morgan fingerprint density at radius 2 is 1.73 bits per heavy atom. The van der Waals surface area contributed by atoms with E-state index in [0.29, 0.717) is 0 Å². The Kier molecular flexibility index (Phi) is 2.71. The minimum absolute atomic E-state index is 0. The highest BCUT2D eigenvalue weighted by molar-refractivity contribution is 6.15. The zero-order valence-electron chi connectivity index (χ0n) is 6.81. The van der Waals surface area contributed by atoms with Gasteiger partial charge in [-0.25, -0.2) is 14.4 Å². The minimum atomic E-state index is -1.15. The third-order valence-electron chi connectivity index (χ3n) is 1.89. The van der Waals surface area contributed by atoms with Gasteiger partial charge < -0.3 is 9.84 Å². The smallest absolute Gasteiger partial charge is 0.346 e. The molecule has 1 aliphatic rings. The standard InChI is InChI=1S/C9H4O5.H4Si/c10-7(11)4-1-2-5-6(3-4)9(13)14-8(5)12;/h1-3H,(H,10,11);1H4. The molecule has 1 aromatic rings. The van der Waals surface area contributed by atoms with Gasteiger partial charge in [0.25, 0.3) is 0 Å². The molecule has 0 spiro atoms. The van der Waals surface area contributed by atoms with Gasteiger partial charge in [-0.1, -0.05) is 0 Å². The van der Waals surface area contributed by atoms with Gasteiger partial charge >= 0.3 is 17.9 Å². The van der Waals surface area contributed by atoms with E-state index in [1.807, 2.05) is 0 Å². The molecule has 1 aliphatic heterocycles. The van der Waals surface area contributed by atoms with Gasteiger partial charge in [-0.05, 0) is 29.2 Å². The molecule has 0 aromatic heterocycles. The van der Waals surface area contributed by atoms with E-state index in [4.69, 9.17) is 5.11 Å². The average Bonchev–Trinajstić information content (AvgIpc) is 2.42. The first kappa shape index (κ1) is 11.1. The molecule has 0 atom stereocenters. The van der Waals surface area contributed by atoms with E-state index >= 15 is 0 Å². The maximum absolute atomic E-state index is 11.0. The van der Waals surface area contributed by atoms with Gasteiger partial charge in [0.2, 0.25) is 0 Å². The summed E-state index contributed by atoms with van der Waals surface area (Å²) < 4.78 is 4.30. The first-order valence-electron chi connectivity index (χ1n) is 3.73. The summed E-state index contributed by atoms with van der Waals surface area (Å²) in [6.07, 6.45) is 0. The van der Waals surface area contributed by atoms with E-state index in [1.165, 1.54) is 12.1 Å². The van der Waals surface area contributed by atoms with Crippen LogP contribution in [-0.2, 0) is 4.74 Å². The number of esters is 2. The summed E-state index contributed by atoms with van der Waals surface area (Å²) >= 11 is 0. The molecule has 0 saturated carbocycles. The van der Waals surface area contributed by atoms with Crippen molar-refractivity contribution in [2.45, 2.75) is 0 Å². The Hall–Kier alpha value is -1.95. The third kappa shape index (κ3) is 1.66. The van der Waals surface area contributed by atoms with Crippen LogP contribution in [0, 0.1) is 0 Å². The minimum Gasteiger partial charge on any atom is -0.478 e. The number of carbonyl (C=O) groups is 3. The Morgan fingerprint density at radius 3 is 2.33 bits per heavy atom. The van der Waals surface area contributed by atoms with Crippen molar-refractivity contribution in [3.05, 3.63) is 34.9 Å². The lowest BCUT2D eigenvalue weighted by Gasteiger charge is -1.94. The lowest BCUT2D eigenvalue weighted by molar-refractivity contribution is 0.0443. The highest BCUT2D eigenvalue weighted by Gasteiger charge is 2.30. The van der Waals surface area contributed by atoms with Crippen LogP contribution in [-0.4, -0.2) is 34.0 Å². The van der Waals surface area contributed by atoms with Crippen LogP contribution < -0.4 is 0 Å². The summed E-state index contributed by atoms with van der Waals surface area (Å²) in [5.41, 5.74) is 0.0744. The second-order valence-corrected chi connectivity index (χ2v) is 2.74. The second kappa shape index (κ2) is 3.66. The first-order valence-corrected chi connectivity index (χ1v) is 3.73. The molecule has 0 bridgehead atoms. The van der Waals surface area contributed by atoms with Crippen LogP contribution >= 0.6 is 0 Å². The number of carboxylic acids is 1. The molecule has 1 heterocycles. The number of hydrogen-bond donors (Lipinski definition) is 1. The lowest BCUT2D eigenvalue weighted by Crippen LogP contribution is -2.00. The van der Waals surface area contributed by atoms with Gasteiger partial charge in [0.1, 0.15) is 0 Å². The molecule has 0 saturated heterocycles. The highest BCUT2D eigenvalue weighted by atomic mass is 28.1. The highest BCUT2D eigenvalue weighted by Crippen LogP contribution is 2.20. The fraction of sp³-hybridized carbons (Fsp3) is 0. The molecule has 78 valence electrons. The largest absolute Gasteiger partial charge is 0.478 e. The van der Waals surface area contributed by atoms with E-state index in [1.54, 1.807) is 0 Å². The lowest BCUT2D eigenvalue weighted by atomic mass is 10.1. The molecular weight excluding hydrogens is 216 g/mol. The SMILES string of the molecule is O=C(O)c1ccc2c(c1)C(=O)OC2=O.[SiH4]. The Bertz CT molecular complexity index is 466. The van der Waals surface area contributed by atoms with Crippen molar-refractivity contribution in [2.75, 3.05) is 0 Å². The molecule has 0 amide bonds. The van der Waals surface area contributed by atoms with E-state index in [-0.39, 0.29) is 27.7 Å². The summed E-state index contributed by atoms with van der Waals surface area (Å²) in [6, 6.07) is 3.65. The fourth-order valence-electron chi connectivity index (χ4n) is 1.22. The van der Waals surface area contributed by atoms with Crippen LogP contribution in [0.1, 0.15) is 31.1 Å². The summed E-state index contributed by atoms with van der Waals surface area (Å²) in [5, 5.41) is 8.63. The van der Waals surface area contributed by atoms with Crippen molar-refractivity contribution in [2.24, 2.45) is 0 Å². The zero-order valence-corrected chi connectivity index (χ0v) is 6.81. The summed E-state index contributed by atoms with van der Waals surface area (Å²) in [6.45, 7) is 0. The van der Waals surface area contributed by atoms with Crippen molar-refractivity contribution in [3.63, 3.8) is 0 Å². The van der Waals surface area contributed by atoms with Gasteiger partial charge in [0.15, 0.2) is 0 Å². The Morgan fingerprint density at radius 1 is 1.13 bits per heavy atom. The number of carboxylic acid groups (broad SMARTS) is 1. The van der Waals surface area contributed by atoms with Crippen LogP contribution in [0.25, 0.3) is 0 Å². The molecule has 5 nitrogen and oxygen atoms in total. The topological polar surface area (TPSA) is 80.7 Å². The summed E-state index contributed by atoms with van der Waals surface area (Å²) in [5.74, 6) is -2.69. The van der Waals surface area contributed by atoms with Gasteiger partial charge in [0, 0.05) is 0 Å². The summed E-state index contributed by atoms with van der Waals surface area (Å²) in [7, 11) is 0. The van der Waals surface area contributed by atoms with E-state index in [9.17, 15) is 14.4 Å². The quantitative estimate of drug-likeness (QED) is 0.385. The number of cyclic esters (lactones) is 2. The maximum atomic E-state index is 11.0. The fourth-order valence-corrected chi connectivity index (χ4v) is 1.22. The number of carbonyl (C=O) groups excluding carboxylic acids is 2. The normalized spacial score (nSPS) is 12.8. The monoisotopic (exact) mass is 224 g/mol. The summed E-state index contributed by atoms with van der Waals surface area (Å²) in [4.78, 5) is 32.5. The van der Waals surface area contributed by atoms with Crippen LogP contribution in [0.4, 0.5) is 0 Å². The first-order chi connectivity index (χ1) is 6.59. The van der Waals surface area contributed by atoms with Crippen LogP contribution in [0.2, 0.25) is 0 Å². The molecular formula is C9H8O5Si. The number of benzene rings is 1. The van der Waals surface area contributed by atoms with Gasteiger partial charge in [0.05, 0.1) is 16.7 Å². The second-order valence-electron chi connectivity index (χ2n) is 2.74. The maximum Gasteiger partial charge on any atom is 0.346 e. The van der Waals surface area contributed by atoms with E-state index in [2.05, 4.69) is 4.74 Å². The molecule has 1 aromatic carbocycles. The molecule has 2 rings (SSSR count). The van der Waals surface area contributed by atoms with E-state index < -0.39 is 17.9 Å². The van der Waals surface area contributed by atoms with Gasteiger partial charge in [-0.2, -0.15) is 0 Å². The molecule has 0 fully saturated rings. The van der Waals surface area contributed by atoms with Gasteiger partial charge in [-0.15, -0.1) is 0 Å². The predicted octanol–water partition coefficient (Wildman–Crippen LogP) is -0.756. The molecule has 6 heteroatoms. The van der Waals surface area contributed by atoms with Crippen LogP contribution in [0.15, 0.2) is 18.2 Å². The molecule has 15 heavy (non-hydrogen) atoms. The number of fused-ring (bicyclic) bond motifs is 1. The molecule has 0 aliphatic carbocycles. The number of aromatic carboxylic acids is 1. The van der Waals surface area contributed by atoms with Crippen molar-refractivity contribution in [1.82, 2.24) is 0 Å². The van der Waals surface area contributed by atoms with Crippen molar-refractivity contribution >= 4 is 28.9 Å². The van der Waals surface area contributed by atoms with E-state index in [0.717, 1.165) is 6.07 Å². The number of ether oxygens (including phenoxy) is 1. The average molecular weight is 224 g/mol. The number of rotatable bonds is 1. The van der Waals surface area contributed by atoms with Crippen LogP contribution in [0.5, 0.6) is 0 Å². The number of hydrogen-bond acceptors (Lipinski definition) is 4. The third-order valence-corrected chi connectivity index (χ3v) is 1.89. The molecule has 1 N–H and O–H groups in total. The molecule has 0 radical (unpaired) electrons. The van der Waals surface area contributed by atoms with Gasteiger partial charge in [-0.3, -0.25) is 0 Å². The zero-order chi connectivity index (χ0) is 10.3. The Balaban J connectivity index is 0.00000112. The van der Waals surface area contributed by atoms with Crippen molar-refractivity contribution < 1.29 is 24.2 Å². The van der Waals surface area contributed by atoms with Crippen molar-refractivity contribution in [1.29, 1.82) is 0 Å². The van der Waals surface area contributed by atoms with Crippen molar-refractivity contribution in [3.8, 4) is 0 Å². The van der Waals surface area contributed by atoms with Crippen LogP contribution in [0.3, 0.4) is 0 Å². The predicted molar refractivity (Wildman–Crippen MR) is 54.5 cm³/mol. The molecule has 0 unspecified atom stereocenters. The Labute approximate surface area is 88.7 Å².